The van der Waals surface area contributed by atoms with Crippen molar-refractivity contribution in [2.24, 2.45) is 23.7 Å². The van der Waals surface area contributed by atoms with Gasteiger partial charge in [-0.15, -0.1) is 0 Å². The molecule has 1 nitrogen and oxygen atoms in total. The van der Waals surface area contributed by atoms with E-state index in [0.717, 1.165) is 23.7 Å². The highest BCUT2D eigenvalue weighted by Gasteiger charge is 2.37. The molecule has 0 heterocycles. The zero-order valence-electron chi connectivity index (χ0n) is 13.9. The Morgan fingerprint density at radius 2 is 1.71 bits per heavy atom. The lowest BCUT2D eigenvalue weighted by Gasteiger charge is -2.40. The number of hydrogen-bond acceptors (Lipinski definition) is 1. The molecule has 2 fully saturated rings. The minimum atomic E-state index is 0.586. The van der Waals surface area contributed by atoms with Gasteiger partial charge in [0.2, 0.25) is 0 Å². The second-order valence-electron chi connectivity index (χ2n) is 7.83. The maximum Gasteiger partial charge on any atom is 0.0351 e. The lowest BCUT2D eigenvalue weighted by Crippen LogP contribution is -2.45. The molecule has 0 radical (unpaired) electrons. The van der Waals surface area contributed by atoms with Crippen molar-refractivity contribution in [3.8, 4) is 0 Å². The number of benzene rings is 1. The Kier molecular flexibility index (Phi) is 4.69. The van der Waals surface area contributed by atoms with Gasteiger partial charge < -0.3 is 5.32 Å². The van der Waals surface area contributed by atoms with Crippen LogP contribution in [0.1, 0.15) is 64.5 Å². The molecule has 3 rings (SSSR count). The molecule has 1 aromatic rings. The summed E-state index contributed by atoms with van der Waals surface area (Å²) in [4.78, 5) is 0. The normalized spacial score (nSPS) is 31.3. The Morgan fingerprint density at radius 1 is 1.00 bits per heavy atom. The van der Waals surface area contributed by atoms with E-state index in [2.05, 4.69) is 56.4 Å². The number of hydrogen-bond donors (Lipinski definition) is 1. The molecule has 116 valence electrons. The smallest absolute Gasteiger partial charge is 0.0351 e. The Bertz CT molecular complexity index is 434. The maximum atomic E-state index is 4.10. The van der Waals surface area contributed by atoms with Gasteiger partial charge >= 0.3 is 0 Å². The molecule has 21 heavy (non-hydrogen) atoms. The molecule has 0 spiro atoms. The van der Waals surface area contributed by atoms with Crippen LogP contribution in [0.25, 0.3) is 0 Å². The van der Waals surface area contributed by atoms with Crippen molar-refractivity contribution in [2.75, 3.05) is 0 Å². The molecule has 4 atom stereocenters. The highest BCUT2D eigenvalue weighted by Crippen LogP contribution is 2.43. The summed E-state index contributed by atoms with van der Waals surface area (Å²) in [7, 11) is 0. The van der Waals surface area contributed by atoms with Crippen molar-refractivity contribution < 1.29 is 0 Å². The molecule has 4 unspecified atom stereocenters. The van der Waals surface area contributed by atoms with Crippen molar-refractivity contribution in [2.45, 2.75) is 65.0 Å². The molecule has 2 saturated carbocycles. The van der Waals surface area contributed by atoms with Crippen LogP contribution >= 0.6 is 0 Å². The van der Waals surface area contributed by atoms with Gasteiger partial charge in [0, 0.05) is 12.1 Å². The average Bonchev–Trinajstić information content (AvgIpc) is 3.30. The minimum absolute atomic E-state index is 0.586. The van der Waals surface area contributed by atoms with E-state index in [4.69, 9.17) is 0 Å². The van der Waals surface area contributed by atoms with E-state index in [1.54, 1.807) is 0 Å². The van der Waals surface area contributed by atoms with E-state index in [0.29, 0.717) is 12.1 Å². The summed E-state index contributed by atoms with van der Waals surface area (Å²) in [5.41, 5.74) is 1.50. The zero-order chi connectivity index (χ0) is 14.8. The summed E-state index contributed by atoms with van der Waals surface area (Å²) >= 11 is 0. The molecule has 1 aromatic carbocycles. The molecular weight excluding hydrogens is 254 g/mol. The Hall–Kier alpha value is -0.820. The lowest BCUT2D eigenvalue weighted by molar-refractivity contribution is 0.155. The second-order valence-corrected chi connectivity index (χ2v) is 7.83. The summed E-state index contributed by atoms with van der Waals surface area (Å²) in [5, 5.41) is 4.10. The predicted molar refractivity (Wildman–Crippen MR) is 90.2 cm³/mol. The van der Waals surface area contributed by atoms with E-state index in [1.807, 2.05) is 0 Å². The van der Waals surface area contributed by atoms with Crippen LogP contribution < -0.4 is 5.32 Å². The molecule has 0 bridgehead atoms. The molecule has 0 saturated heterocycles. The van der Waals surface area contributed by atoms with Crippen molar-refractivity contribution in [1.29, 1.82) is 0 Å². The number of nitrogens with one attached hydrogen (secondary N) is 1. The lowest BCUT2D eigenvalue weighted by atomic mass is 9.73. The largest absolute Gasteiger partial charge is 0.307 e. The van der Waals surface area contributed by atoms with Crippen molar-refractivity contribution in [3.63, 3.8) is 0 Å². The SMILES string of the molecule is CC1CCC(C(C)C)C(NC(c2ccccc2)C2CC2)C1. The molecule has 2 aliphatic carbocycles. The fourth-order valence-electron chi connectivity index (χ4n) is 4.22. The first-order valence-electron chi connectivity index (χ1n) is 8.96. The summed E-state index contributed by atoms with van der Waals surface area (Å²) in [5.74, 6) is 3.40. The Labute approximate surface area is 130 Å². The highest BCUT2D eigenvalue weighted by atomic mass is 15.0. The molecule has 2 aliphatic rings. The highest BCUT2D eigenvalue weighted by molar-refractivity contribution is 5.21. The van der Waals surface area contributed by atoms with Gasteiger partial charge in [-0.2, -0.15) is 0 Å². The molecule has 0 amide bonds. The summed E-state index contributed by atoms with van der Waals surface area (Å²) in [6.45, 7) is 7.24. The summed E-state index contributed by atoms with van der Waals surface area (Å²) in [6.07, 6.45) is 6.99. The minimum Gasteiger partial charge on any atom is -0.307 e. The monoisotopic (exact) mass is 285 g/mol. The van der Waals surface area contributed by atoms with Gasteiger partial charge in [-0.3, -0.25) is 0 Å². The van der Waals surface area contributed by atoms with Crippen LogP contribution in [0.5, 0.6) is 0 Å². The van der Waals surface area contributed by atoms with Gasteiger partial charge in [0.25, 0.3) is 0 Å². The van der Waals surface area contributed by atoms with E-state index >= 15 is 0 Å². The standard InChI is InChI=1S/C20H31N/c1-14(2)18-12-9-15(3)13-19(18)21-20(17-10-11-17)16-7-5-4-6-8-16/h4-8,14-15,17-21H,9-13H2,1-3H3. The average molecular weight is 285 g/mol. The predicted octanol–water partition coefficient (Wildman–Crippen LogP) is 5.19. The quantitative estimate of drug-likeness (QED) is 0.785. The third-order valence-electron chi connectivity index (χ3n) is 5.67. The van der Waals surface area contributed by atoms with Gasteiger partial charge in [0.15, 0.2) is 0 Å². The van der Waals surface area contributed by atoms with Gasteiger partial charge in [-0.05, 0) is 54.9 Å². The van der Waals surface area contributed by atoms with Crippen LogP contribution in [0.2, 0.25) is 0 Å². The van der Waals surface area contributed by atoms with E-state index in [-0.39, 0.29) is 0 Å². The molecular formula is C20H31N. The van der Waals surface area contributed by atoms with Gasteiger partial charge in [-0.1, -0.05) is 57.5 Å². The molecule has 1 N–H and O–H groups in total. The fourth-order valence-corrected chi connectivity index (χ4v) is 4.22. The van der Waals surface area contributed by atoms with Gasteiger partial charge in [0.1, 0.15) is 0 Å². The van der Waals surface area contributed by atoms with Crippen molar-refractivity contribution in [3.05, 3.63) is 35.9 Å². The van der Waals surface area contributed by atoms with Crippen LogP contribution in [0.3, 0.4) is 0 Å². The Balaban J connectivity index is 1.74. The first kappa shape index (κ1) is 15.1. The van der Waals surface area contributed by atoms with Crippen LogP contribution in [0.4, 0.5) is 0 Å². The van der Waals surface area contributed by atoms with Crippen LogP contribution in [0, 0.1) is 23.7 Å². The maximum absolute atomic E-state index is 4.10. The topological polar surface area (TPSA) is 12.0 Å². The van der Waals surface area contributed by atoms with E-state index in [9.17, 15) is 0 Å². The molecule has 0 aromatic heterocycles. The third-order valence-corrected chi connectivity index (χ3v) is 5.67. The first-order chi connectivity index (χ1) is 10.1. The van der Waals surface area contributed by atoms with Crippen LogP contribution in [0.15, 0.2) is 30.3 Å². The summed E-state index contributed by atoms with van der Waals surface area (Å²) < 4.78 is 0. The summed E-state index contributed by atoms with van der Waals surface area (Å²) in [6, 6.07) is 12.4. The van der Waals surface area contributed by atoms with E-state index in [1.165, 1.54) is 37.7 Å². The molecule has 0 aliphatic heterocycles. The Morgan fingerprint density at radius 3 is 2.33 bits per heavy atom. The van der Waals surface area contributed by atoms with Crippen LogP contribution in [-0.4, -0.2) is 6.04 Å². The number of rotatable bonds is 5. The fraction of sp³-hybridized carbons (Fsp3) is 0.700. The van der Waals surface area contributed by atoms with E-state index < -0.39 is 0 Å². The third kappa shape index (κ3) is 3.69. The van der Waals surface area contributed by atoms with Gasteiger partial charge in [-0.25, -0.2) is 0 Å². The first-order valence-corrected chi connectivity index (χ1v) is 8.96. The van der Waals surface area contributed by atoms with Crippen molar-refractivity contribution >= 4 is 0 Å². The zero-order valence-corrected chi connectivity index (χ0v) is 13.9. The second kappa shape index (κ2) is 6.52. The van der Waals surface area contributed by atoms with Crippen LogP contribution in [-0.2, 0) is 0 Å². The molecule has 1 heteroatoms. The van der Waals surface area contributed by atoms with Gasteiger partial charge in [0.05, 0.1) is 0 Å². The van der Waals surface area contributed by atoms with Crippen molar-refractivity contribution in [1.82, 2.24) is 5.32 Å².